The Labute approximate surface area is 200 Å². The van der Waals surface area contributed by atoms with Crippen molar-refractivity contribution in [2.24, 2.45) is 29.2 Å². The first-order valence-electron chi connectivity index (χ1n) is 10.6. The number of rotatable bonds is 3. The number of carbonyl (C=O) groups excluding carboxylic acids is 3. The molecule has 0 spiro atoms. The molecule has 182 valence electrons. The number of hydrogen-bond acceptors (Lipinski definition) is 9. The molecular weight excluding hydrogens is 464 g/mol. The van der Waals surface area contributed by atoms with Crippen molar-refractivity contribution in [1.82, 2.24) is 4.90 Å². The number of nitrogens with one attached hydrogen (secondary N) is 1. The van der Waals surface area contributed by atoms with E-state index < -0.39 is 58.7 Å². The van der Waals surface area contributed by atoms with Crippen LogP contribution < -0.4 is 16.8 Å². The summed E-state index contributed by atoms with van der Waals surface area (Å²) in [7, 11) is 3.18. The fraction of sp³-hybridized carbons (Fsp3) is 0.455. The van der Waals surface area contributed by atoms with Crippen molar-refractivity contribution in [3.8, 4) is 5.75 Å². The third kappa shape index (κ3) is 3.21. The maximum Gasteiger partial charge on any atom is 0.230 e. The number of fused-ring (bicyclic) bond motifs is 3. The topological polar surface area (TPSA) is 199 Å². The molecule has 0 heterocycles. The number of aliphatic hydroxyl groups excluding tert-OH is 2. The fourth-order valence-electron chi connectivity index (χ4n) is 5.85. The molecule has 2 saturated carbocycles. The number of Topliss-reactive ketones (excluding diaryl/α,β-unsaturated/α-hetero) is 2. The van der Waals surface area contributed by atoms with Gasteiger partial charge in [-0.25, -0.2) is 0 Å². The number of aromatic hydroxyl groups is 1. The molecule has 12 heteroatoms. The average Bonchev–Trinajstić information content (AvgIpc) is 2.72. The summed E-state index contributed by atoms with van der Waals surface area (Å²) in [6, 6.07) is 1.86. The molecule has 4 rings (SSSR count). The normalized spacial score (nSPS) is 32.7. The Morgan fingerprint density at radius 3 is 2.44 bits per heavy atom. The van der Waals surface area contributed by atoms with Crippen LogP contribution >= 0.6 is 12.2 Å². The van der Waals surface area contributed by atoms with Crippen LogP contribution in [0.1, 0.15) is 17.5 Å². The summed E-state index contributed by atoms with van der Waals surface area (Å²) < 4.78 is 0. The van der Waals surface area contributed by atoms with Gasteiger partial charge in [0.2, 0.25) is 11.7 Å². The van der Waals surface area contributed by atoms with Gasteiger partial charge in [-0.1, -0.05) is 0 Å². The van der Waals surface area contributed by atoms with Gasteiger partial charge in [-0.2, -0.15) is 0 Å². The van der Waals surface area contributed by atoms with Gasteiger partial charge in [-0.15, -0.1) is 0 Å². The number of aliphatic hydroxyl groups is 3. The minimum atomic E-state index is -2.69. The van der Waals surface area contributed by atoms with Crippen molar-refractivity contribution in [3.05, 3.63) is 28.8 Å². The minimum absolute atomic E-state index is 0.0281. The van der Waals surface area contributed by atoms with Crippen LogP contribution in [0.2, 0.25) is 0 Å². The van der Waals surface area contributed by atoms with E-state index in [2.05, 4.69) is 5.32 Å². The molecule has 6 atom stereocenters. The Balaban J connectivity index is 1.92. The Morgan fingerprint density at radius 1 is 1.24 bits per heavy atom. The van der Waals surface area contributed by atoms with E-state index >= 15 is 0 Å². The van der Waals surface area contributed by atoms with Gasteiger partial charge in [0.1, 0.15) is 17.4 Å². The van der Waals surface area contributed by atoms with Crippen molar-refractivity contribution in [1.29, 1.82) is 0 Å². The monoisotopic (exact) mass is 490 g/mol. The Bertz CT molecular complexity index is 1170. The van der Waals surface area contributed by atoms with Crippen LogP contribution in [-0.2, 0) is 20.8 Å². The lowest BCUT2D eigenvalue weighted by molar-refractivity contribution is -0.184. The lowest BCUT2D eigenvalue weighted by Gasteiger charge is -2.53. The number of benzene rings is 1. The van der Waals surface area contributed by atoms with Crippen LogP contribution in [0.25, 0.3) is 5.76 Å². The van der Waals surface area contributed by atoms with Crippen LogP contribution in [0.3, 0.4) is 0 Å². The van der Waals surface area contributed by atoms with E-state index in [4.69, 9.17) is 23.7 Å². The number of likely N-dealkylation sites (N-methyl/N-ethyl adjacent to an activating group) is 1. The molecule has 1 aromatic rings. The van der Waals surface area contributed by atoms with E-state index in [-0.39, 0.29) is 34.8 Å². The van der Waals surface area contributed by atoms with Crippen molar-refractivity contribution in [2.45, 2.75) is 30.6 Å². The van der Waals surface area contributed by atoms with Crippen LogP contribution in [0.4, 0.5) is 5.69 Å². The molecule has 34 heavy (non-hydrogen) atoms. The zero-order valence-electron chi connectivity index (χ0n) is 18.5. The van der Waals surface area contributed by atoms with Crippen molar-refractivity contribution in [3.63, 3.8) is 0 Å². The zero-order valence-corrected chi connectivity index (χ0v) is 19.3. The zero-order chi connectivity index (χ0) is 25.3. The maximum atomic E-state index is 13.7. The third-order valence-corrected chi connectivity index (χ3v) is 7.33. The minimum Gasteiger partial charge on any atom is -0.507 e. The number of phenolic OH excluding ortho intramolecular Hbond substituents is 1. The van der Waals surface area contributed by atoms with Gasteiger partial charge in [0, 0.05) is 23.2 Å². The lowest BCUT2D eigenvalue weighted by atomic mass is 9.54. The Hall–Kier alpha value is -3.06. The van der Waals surface area contributed by atoms with Gasteiger partial charge in [0.05, 0.1) is 11.7 Å². The second-order valence-electron chi connectivity index (χ2n) is 9.27. The number of ketones is 2. The third-order valence-electron chi connectivity index (χ3n) is 7.23. The summed E-state index contributed by atoms with van der Waals surface area (Å²) in [6.07, 6.45) is -1.36. The highest BCUT2D eigenvalue weighted by Gasteiger charge is 2.67. The van der Waals surface area contributed by atoms with Gasteiger partial charge in [0.15, 0.2) is 16.5 Å². The highest BCUT2D eigenvalue weighted by molar-refractivity contribution is 7.80. The Morgan fingerprint density at radius 2 is 1.88 bits per heavy atom. The second kappa shape index (κ2) is 8.01. The van der Waals surface area contributed by atoms with E-state index in [0.29, 0.717) is 11.3 Å². The summed E-state index contributed by atoms with van der Waals surface area (Å²) in [5.74, 6) is -7.88. The van der Waals surface area contributed by atoms with E-state index in [1.165, 1.54) is 17.0 Å². The molecule has 0 radical (unpaired) electrons. The molecule has 9 N–H and O–H groups in total. The first-order chi connectivity index (χ1) is 15.8. The highest BCUT2D eigenvalue weighted by Crippen LogP contribution is 2.52. The molecule has 3 aliphatic rings. The van der Waals surface area contributed by atoms with Gasteiger partial charge >= 0.3 is 0 Å². The molecular formula is C22H26N4O7S. The molecule has 2 fully saturated rings. The molecule has 0 saturated heterocycles. The maximum absolute atomic E-state index is 13.7. The predicted octanol–water partition coefficient (Wildman–Crippen LogP) is -1.22. The largest absolute Gasteiger partial charge is 0.507 e. The number of nitrogens with two attached hydrogens (primary N) is 2. The number of amides is 1. The van der Waals surface area contributed by atoms with E-state index in [1.807, 2.05) is 0 Å². The average molecular weight is 491 g/mol. The van der Waals surface area contributed by atoms with Gasteiger partial charge in [0.25, 0.3) is 0 Å². The number of hydrogen-bond donors (Lipinski definition) is 7. The fourth-order valence-corrected chi connectivity index (χ4v) is 5.96. The first kappa shape index (κ1) is 24.1. The summed E-state index contributed by atoms with van der Waals surface area (Å²) in [5, 5.41) is 46.7. The molecule has 1 aromatic carbocycles. The number of carbonyl (C=O) groups is 3. The SMILES string of the molecule is CN(C)[C@@H]1C(O)C(C(N)=O)C(=O)[C@@]2(O)C(=O)C3=C(O)c4c(O)ccc(NC(N)=S)c4CC3CC12. The van der Waals surface area contributed by atoms with Gasteiger partial charge in [-0.05, 0) is 62.8 Å². The number of phenols is 1. The Kier molecular flexibility index (Phi) is 5.67. The molecule has 11 nitrogen and oxygen atoms in total. The molecule has 0 aromatic heterocycles. The summed E-state index contributed by atoms with van der Waals surface area (Å²) in [5.41, 5.74) is 8.88. The van der Waals surface area contributed by atoms with Crippen LogP contribution in [-0.4, -0.2) is 79.8 Å². The molecule has 0 aliphatic heterocycles. The number of thiocarbonyl (C=S) groups is 1. The van der Waals surface area contributed by atoms with Gasteiger partial charge in [-0.3, -0.25) is 14.4 Å². The molecule has 3 aliphatic carbocycles. The van der Waals surface area contributed by atoms with E-state index in [0.717, 1.165) is 0 Å². The van der Waals surface area contributed by atoms with Crippen molar-refractivity contribution in [2.75, 3.05) is 19.4 Å². The molecule has 4 unspecified atom stereocenters. The van der Waals surface area contributed by atoms with E-state index in [1.54, 1.807) is 14.1 Å². The van der Waals surface area contributed by atoms with E-state index in [9.17, 15) is 34.8 Å². The first-order valence-corrected chi connectivity index (χ1v) is 11.0. The quantitative estimate of drug-likeness (QED) is 0.152. The highest BCUT2D eigenvalue weighted by atomic mass is 32.1. The summed E-state index contributed by atoms with van der Waals surface area (Å²) in [4.78, 5) is 40.5. The number of anilines is 1. The smallest absolute Gasteiger partial charge is 0.230 e. The standard InChI is InChI=1S/C22H26N4O7S/c1-26(2)15-9-6-7-5-8-10(25-21(24)34)3-4-11(27)13(8)16(28)12(7)18(30)22(9,33)19(31)14(17(15)29)20(23)32/h3-4,7,9,14-15,17,27-29,33H,5-6H2,1-2H3,(H2,23,32)(H3,24,25,34)/t7?,9?,14?,15-,17?,22-/m0/s1. The second-order valence-corrected chi connectivity index (χ2v) is 9.70. The van der Waals surface area contributed by atoms with Crippen LogP contribution in [0, 0.1) is 17.8 Å². The summed E-state index contributed by atoms with van der Waals surface area (Å²) >= 11 is 4.91. The van der Waals surface area contributed by atoms with Gasteiger partial charge < -0.3 is 42.1 Å². The van der Waals surface area contributed by atoms with Crippen LogP contribution in [0.15, 0.2) is 17.7 Å². The predicted molar refractivity (Wildman–Crippen MR) is 124 cm³/mol. The van der Waals surface area contributed by atoms with Crippen molar-refractivity contribution < 1.29 is 34.8 Å². The number of primary amides is 1. The number of nitrogens with zero attached hydrogens (tertiary/aromatic N) is 1. The lowest BCUT2D eigenvalue weighted by Crippen LogP contribution is -2.73. The van der Waals surface area contributed by atoms with Crippen LogP contribution in [0.5, 0.6) is 5.75 Å². The van der Waals surface area contributed by atoms with Crippen molar-refractivity contribution >= 4 is 46.3 Å². The summed E-state index contributed by atoms with van der Waals surface area (Å²) in [6.45, 7) is 0. The molecule has 0 bridgehead atoms. The molecule has 1 amide bonds.